The van der Waals surface area contributed by atoms with Gasteiger partial charge >= 0.3 is 6.09 Å². The molecule has 1 aromatic rings. The summed E-state index contributed by atoms with van der Waals surface area (Å²) < 4.78 is 19.0. The van der Waals surface area contributed by atoms with Gasteiger partial charge in [-0.05, 0) is 11.5 Å². The Morgan fingerprint density at radius 1 is 1.37 bits per heavy atom. The first-order valence-corrected chi connectivity index (χ1v) is 6.21. The van der Waals surface area contributed by atoms with Crippen molar-refractivity contribution in [2.75, 3.05) is 6.61 Å². The smallest absolute Gasteiger partial charge is 0.417 e. The van der Waals surface area contributed by atoms with Crippen LogP contribution in [0.1, 0.15) is 25.6 Å². The van der Waals surface area contributed by atoms with E-state index in [9.17, 15) is 14.0 Å². The molecule has 0 aromatic heterocycles. The number of ether oxygens (including phenoxy) is 1. The number of alkyl halides is 1. The third kappa shape index (κ3) is 2.59. The van der Waals surface area contributed by atoms with Gasteiger partial charge in [0.25, 0.3) is 5.91 Å². The predicted molar refractivity (Wildman–Crippen MR) is 67.1 cm³/mol. The minimum absolute atomic E-state index is 0.0263. The highest BCUT2D eigenvalue weighted by Crippen LogP contribution is 2.26. The van der Waals surface area contributed by atoms with Gasteiger partial charge in [0, 0.05) is 0 Å². The van der Waals surface area contributed by atoms with Crippen LogP contribution in [0.2, 0.25) is 0 Å². The first-order valence-electron chi connectivity index (χ1n) is 6.21. The Kier molecular flexibility index (Phi) is 3.83. The summed E-state index contributed by atoms with van der Waals surface area (Å²) in [4.78, 5) is 24.6. The van der Waals surface area contributed by atoms with Gasteiger partial charge in [-0.3, -0.25) is 4.79 Å². The molecule has 0 N–H and O–H groups in total. The number of cyclic esters (lactones) is 1. The molecule has 5 heteroatoms. The maximum Gasteiger partial charge on any atom is 0.417 e. The molecule has 2 amide bonds. The third-order valence-corrected chi connectivity index (χ3v) is 3.22. The Hall–Kier alpha value is -1.91. The lowest BCUT2D eigenvalue weighted by molar-refractivity contribution is -0.135. The van der Waals surface area contributed by atoms with E-state index < -0.39 is 24.2 Å². The molecule has 102 valence electrons. The van der Waals surface area contributed by atoms with Crippen molar-refractivity contribution in [2.45, 2.75) is 26.1 Å². The summed E-state index contributed by atoms with van der Waals surface area (Å²) in [5.74, 6) is -0.828. The van der Waals surface area contributed by atoms with Crippen molar-refractivity contribution in [1.82, 2.24) is 4.90 Å². The lowest BCUT2D eigenvalue weighted by Crippen LogP contribution is -2.43. The van der Waals surface area contributed by atoms with Crippen LogP contribution in [-0.2, 0) is 9.53 Å². The fourth-order valence-electron chi connectivity index (χ4n) is 2.07. The molecular weight excluding hydrogens is 249 g/mol. The second kappa shape index (κ2) is 5.38. The van der Waals surface area contributed by atoms with Gasteiger partial charge in [0.05, 0.1) is 6.04 Å². The van der Waals surface area contributed by atoms with Crippen molar-refractivity contribution in [3.63, 3.8) is 0 Å². The summed E-state index contributed by atoms with van der Waals surface area (Å²) in [5, 5.41) is 0. The van der Waals surface area contributed by atoms with E-state index >= 15 is 0 Å². The normalized spacial score (nSPS) is 20.5. The molecule has 0 spiro atoms. The SMILES string of the molecule is CC(C)[C@H]1COC(=O)N1C(=O)[C@@H](F)c1ccccc1. The van der Waals surface area contributed by atoms with Gasteiger partial charge in [-0.15, -0.1) is 0 Å². The second-order valence-electron chi connectivity index (χ2n) is 4.87. The standard InChI is InChI=1S/C14H16FNO3/c1-9(2)11-8-19-14(18)16(11)13(17)12(15)10-6-4-3-5-7-10/h3-7,9,11-12H,8H2,1-2H3/t11-,12+/m1/s1. The molecule has 0 unspecified atom stereocenters. The zero-order valence-corrected chi connectivity index (χ0v) is 10.9. The molecule has 1 aliphatic heterocycles. The number of benzene rings is 1. The number of imide groups is 1. The van der Waals surface area contributed by atoms with Crippen molar-refractivity contribution in [3.8, 4) is 0 Å². The maximum absolute atomic E-state index is 14.2. The van der Waals surface area contributed by atoms with E-state index in [1.54, 1.807) is 18.2 Å². The maximum atomic E-state index is 14.2. The molecule has 1 aromatic carbocycles. The lowest BCUT2D eigenvalue weighted by Gasteiger charge is -2.23. The molecule has 1 aliphatic rings. The predicted octanol–water partition coefficient (Wildman–Crippen LogP) is 2.70. The number of rotatable bonds is 3. The average Bonchev–Trinajstić information content (AvgIpc) is 2.80. The van der Waals surface area contributed by atoms with E-state index in [4.69, 9.17) is 4.74 Å². The molecule has 4 nitrogen and oxygen atoms in total. The van der Waals surface area contributed by atoms with Crippen LogP contribution >= 0.6 is 0 Å². The summed E-state index contributed by atoms with van der Waals surface area (Å²) >= 11 is 0. The van der Waals surface area contributed by atoms with Crippen molar-refractivity contribution >= 4 is 12.0 Å². The quantitative estimate of drug-likeness (QED) is 0.844. The largest absolute Gasteiger partial charge is 0.447 e. The minimum atomic E-state index is -1.84. The lowest BCUT2D eigenvalue weighted by atomic mass is 10.0. The number of hydrogen-bond acceptors (Lipinski definition) is 3. The van der Waals surface area contributed by atoms with E-state index in [1.807, 2.05) is 13.8 Å². The first kappa shape index (κ1) is 13.5. The summed E-state index contributed by atoms with van der Waals surface area (Å²) in [6, 6.07) is 7.68. The molecule has 0 aliphatic carbocycles. The average molecular weight is 265 g/mol. The molecule has 1 fully saturated rings. The number of amides is 2. The molecule has 0 radical (unpaired) electrons. The van der Waals surface area contributed by atoms with Crippen LogP contribution in [0, 0.1) is 5.92 Å². The molecule has 1 heterocycles. The first-order chi connectivity index (χ1) is 9.02. The molecular formula is C14H16FNO3. The Bertz CT molecular complexity index is 475. The highest BCUT2D eigenvalue weighted by atomic mass is 19.1. The van der Waals surface area contributed by atoms with Crippen LogP contribution in [0.5, 0.6) is 0 Å². The van der Waals surface area contributed by atoms with Crippen LogP contribution in [0.15, 0.2) is 30.3 Å². The zero-order chi connectivity index (χ0) is 14.0. The Balaban J connectivity index is 2.21. The number of halogens is 1. The Morgan fingerprint density at radius 2 is 2.00 bits per heavy atom. The fraction of sp³-hybridized carbons (Fsp3) is 0.429. The van der Waals surface area contributed by atoms with E-state index in [-0.39, 0.29) is 18.1 Å². The number of nitrogens with zero attached hydrogens (tertiary/aromatic N) is 1. The monoisotopic (exact) mass is 265 g/mol. The van der Waals surface area contributed by atoms with Crippen molar-refractivity contribution in [3.05, 3.63) is 35.9 Å². The van der Waals surface area contributed by atoms with Gasteiger partial charge in [0.2, 0.25) is 6.17 Å². The van der Waals surface area contributed by atoms with E-state index in [0.717, 1.165) is 4.90 Å². The number of carbonyl (C=O) groups is 2. The molecule has 2 rings (SSSR count). The summed E-state index contributed by atoms with van der Waals surface area (Å²) in [7, 11) is 0. The molecule has 0 bridgehead atoms. The fourth-order valence-corrected chi connectivity index (χ4v) is 2.07. The van der Waals surface area contributed by atoms with Crippen molar-refractivity contribution in [2.24, 2.45) is 5.92 Å². The summed E-state index contributed by atoms with van der Waals surface area (Å²) in [6.07, 6.45) is -2.60. The van der Waals surface area contributed by atoms with Crippen LogP contribution in [0.4, 0.5) is 9.18 Å². The van der Waals surface area contributed by atoms with Gasteiger partial charge < -0.3 is 4.74 Å². The molecule has 1 saturated heterocycles. The van der Waals surface area contributed by atoms with Gasteiger partial charge in [0.15, 0.2) is 0 Å². The molecule has 2 atom stereocenters. The topological polar surface area (TPSA) is 46.6 Å². The Labute approximate surface area is 111 Å². The minimum Gasteiger partial charge on any atom is -0.447 e. The van der Waals surface area contributed by atoms with Crippen LogP contribution < -0.4 is 0 Å². The number of hydrogen-bond donors (Lipinski definition) is 0. The summed E-state index contributed by atoms with van der Waals surface area (Å²) in [6.45, 7) is 3.86. The van der Waals surface area contributed by atoms with Gasteiger partial charge in [-0.2, -0.15) is 0 Å². The van der Waals surface area contributed by atoms with Crippen LogP contribution in [0.3, 0.4) is 0 Å². The van der Waals surface area contributed by atoms with Crippen LogP contribution in [-0.4, -0.2) is 29.5 Å². The van der Waals surface area contributed by atoms with Crippen LogP contribution in [0.25, 0.3) is 0 Å². The molecule has 0 saturated carbocycles. The van der Waals surface area contributed by atoms with Crippen molar-refractivity contribution in [1.29, 1.82) is 0 Å². The zero-order valence-electron chi connectivity index (χ0n) is 10.9. The van der Waals surface area contributed by atoms with Crippen molar-refractivity contribution < 1.29 is 18.7 Å². The van der Waals surface area contributed by atoms with E-state index in [1.165, 1.54) is 12.1 Å². The van der Waals surface area contributed by atoms with Gasteiger partial charge in [-0.25, -0.2) is 14.1 Å². The third-order valence-electron chi connectivity index (χ3n) is 3.22. The van der Waals surface area contributed by atoms with E-state index in [0.29, 0.717) is 0 Å². The van der Waals surface area contributed by atoms with Gasteiger partial charge in [-0.1, -0.05) is 44.2 Å². The molecule has 19 heavy (non-hydrogen) atoms. The highest BCUT2D eigenvalue weighted by Gasteiger charge is 2.42. The van der Waals surface area contributed by atoms with Gasteiger partial charge in [0.1, 0.15) is 6.61 Å². The number of carbonyl (C=O) groups excluding carboxylic acids is 2. The van der Waals surface area contributed by atoms with E-state index in [2.05, 4.69) is 0 Å². The second-order valence-corrected chi connectivity index (χ2v) is 4.87. The highest BCUT2D eigenvalue weighted by molar-refractivity contribution is 5.96. The summed E-state index contributed by atoms with van der Waals surface area (Å²) in [5.41, 5.74) is 0.245. The Morgan fingerprint density at radius 3 is 2.58 bits per heavy atom.